The SMILES string of the molecule is Cc1cc(N(CCO)CC(F)F)c(CO)cn1. The number of aliphatic hydroxyl groups excluding tert-OH is 2. The first-order valence-corrected chi connectivity index (χ1v) is 5.28. The van der Waals surface area contributed by atoms with Crippen molar-refractivity contribution >= 4 is 5.69 Å². The van der Waals surface area contributed by atoms with E-state index in [2.05, 4.69) is 4.98 Å². The highest BCUT2D eigenvalue weighted by molar-refractivity contribution is 5.53. The molecule has 17 heavy (non-hydrogen) atoms. The van der Waals surface area contributed by atoms with E-state index in [9.17, 15) is 8.78 Å². The highest BCUT2D eigenvalue weighted by atomic mass is 19.3. The molecule has 96 valence electrons. The van der Waals surface area contributed by atoms with Crippen molar-refractivity contribution in [3.05, 3.63) is 23.5 Å². The summed E-state index contributed by atoms with van der Waals surface area (Å²) >= 11 is 0. The zero-order valence-corrected chi connectivity index (χ0v) is 9.61. The summed E-state index contributed by atoms with van der Waals surface area (Å²) < 4.78 is 24.9. The monoisotopic (exact) mass is 246 g/mol. The van der Waals surface area contributed by atoms with Gasteiger partial charge < -0.3 is 15.1 Å². The molecule has 1 heterocycles. The first-order chi connectivity index (χ1) is 8.08. The van der Waals surface area contributed by atoms with Crippen molar-refractivity contribution in [2.24, 2.45) is 0 Å². The molecule has 2 N–H and O–H groups in total. The number of hydrogen-bond acceptors (Lipinski definition) is 4. The van der Waals surface area contributed by atoms with Crippen molar-refractivity contribution in [1.29, 1.82) is 0 Å². The van der Waals surface area contributed by atoms with Gasteiger partial charge in [-0.3, -0.25) is 4.98 Å². The summed E-state index contributed by atoms with van der Waals surface area (Å²) in [5.41, 5.74) is 1.65. The predicted octanol–water partition coefficient (Wildman–Crippen LogP) is 0.946. The van der Waals surface area contributed by atoms with Gasteiger partial charge in [-0.15, -0.1) is 0 Å². The third-order valence-electron chi connectivity index (χ3n) is 2.34. The topological polar surface area (TPSA) is 56.6 Å². The lowest BCUT2D eigenvalue weighted by molar-refractivity contribution is 0.152. The maximum Gasteiger partial charge on any atom is 0.255 e. The van der Waals surface area contributed by atoms with Crippen LogP contribution >= 0.6 is 0 Å². The minimum Gasteiger partial charge on any atom is -0.395 e. The molecule has 0 aromatic carbocycles. The highest BCUT2D eigenvalue weighted by Crippen LogP contribution is 2.21. The Bertz CT molecular complexity index is 361. The van der Waals surface area contributed by atoms with E-state index < -0.39 is 13.0 Å². The molecule has 0 spiro atoms. The maximum atomic E-state index is 12.4. The van der Waals surface area contributed by atoms with E-state index in [1.165, 1.54) is 11.1 Å². The van der Waals surface area contributed by atoms with Crippen molar-refractivity contribution in [2.45, 2.75) is 20.0 Å². The molecule has 0 aliphatic carbocycles. The first-order valence-electron chi connectivity index (χ1n) is 5.28. The summed E-state index contributed by atoms with van der Waals surface area (Å²) in [5, 5.41) is 18.0. The minimum atomic E-state index is -2.50. The molecular weight excluding hydrogens is 230 g/mol. The summed E-state index contributed by atoms with van der Waals surface area (Å²) in [6.45, 7) is 0.870. The van der Waals surface area contributed by atoms with Gasteiger partial charge in [-0.2, -0.15) is 0 Å². The molecule has 0 saturated heterocycles. The molecule has 0 amide bonds. The van der Waals surface area contributed by atoms with Gasteiger partial charge in [-0.1, -0.05) is 0 Å². The zero-order chi connectivity index (χ0) is 12.8. The molecule has 0 atom stereocenters. The van der Waals surface area contributed by atoms with Crippen LogP contribution in [-0.4, -0.2) is 41.3 Å². The minimum absolute atomic E-state index is 0.0980. The second kappa shape index (κ2) is 6.46. The van der Waals surface area contributed by atoms with Crippen LogP contribution in [0.4, 0.5) is 14.5 Å². The number of anilines is 1. The largest absolute Gasteiger partial charge is 0.395 e. The van der Waals surface area contributed by atoms with Gasteiger partial charge in [0, 0.05) is 29.7 Å². The number of hydrogen-bond donors (Lipinski definition) is 2. The lowest BCUT2D eigenvalue weighted by Gasteiger charge is -2.25. The van der Waals surface area contributed by atoms with Crippen LogP contribution in [0.25, 0.3) is 0 Å². The van der Waals surface area contributed by atoms with Crippen LogP contribution in [0.1, 0.15) is 11.3 Å². The van der Waals surface area contributed by atoms with Crippen molar-refractivity contribution in [1.82, 2.24) is 4.98 Å². The smallest absolute Gasteiger partial charge is 0.255 e. The van der Waals surface area contributed by atoms with Crippen LogP contribution in [0, 0.1) is 6.92 Å². The maximum absolute atomic E-state index is 12.4. The van der Waals surface area contributed by atoms with E-state index in [4.69, 9.17) is 10.2 Å². The summed E-state index contributed by atoms with van der Waals surface area (Å²) in [6.07, 6.45) is -1.04. The van der Waals surface area contributed by atoms with Crippen molar-refractivity contribution in [2.75, 3.05) is 24.6 Å². The molecule has 1 aromatic heterocycles. The molecule has 0 radical (unpaired) electrons. The Balaban J connectivity index is 3.02. The number of nitrogens with zero attached hydrogens (tertiary/aromatic N) is 2. The van der Waals surface area contributed by atoms with Gasteiger partial charge in [0.1, 0.15) is 0 Å². The molecule has 4 nitrogen and oxygen atoms in total. The second-order valence-electron chi connectivity index (χ2n) is 3.67. The number of pyridine rings is 1. The second-order valence-corrected chi connectivity index (χ2v) is 3.67. The summed E-state index contributed by atoms with van der Waals surface area (Å²) in [5.74, 6) is 0. The Kier molecular flexibility index (Phi) is 5.24. The van der Waals surface area contributed by atoms with Gasteiger partial charge in [0.2, 0.25) is 0 Å². The summed E-state index contributed by atoms with van der Waals surface area (Å²) in [6, 6.07) is 1.63. The summed E-state index contributed by atoms with van der Waals surface area (Å²) in [4.78, 5) is 5.35. The lowest BCUT2D eigenvalue weighted by atomic mass is 10.2. The van der Waals surface area contributed by atoms with Gasteiger partial charge >= 0.3 is 0 Å². The molecule has 6 heteroatoms. The third-order valence-corrected chi connectivity index (χ3v) is 2.34. The number of aliphatic hydroxyl groups is 2. The van der Waals surface area contributed by atoms with E-state index in [1.54, 1.807) is 13.0 Å². The Morgan fingerprint density at radius 3 is 2.65 bits per heavy atom. The van der Waals surface area contributed by atoms with E-state index in [-0.39, 0.29) is 19.8 Å². The van der Waals surface area contributed by atoms with Crippen LogP contribution in [0.2, 0.25) is 0 Å². The number of aryl methyl sites for hydroxylation is 1. The molecule has 1 rings (SSSR count). The van der Waals surface area contributed by atoms with E-state index in [0.29, 0.717) is 16.9 Å². The van der Waals surface area contributed by atoms with E-state index in [1.807, 2.05) is 0 Å². The molecule has 0 aliphatic heterocycles. The van der Waals surface area contributed by atoms with Gasteiger partial charge in [-0.25, -0.2) is 8.78 Å². The number of aromatic nitrogens is 1. The van der Waals surface area contributed by atoms with E-state index in [0.717, 1.165) is 0 Å². The fourth-order valence-electron chi connectivity index (χ4n) is 1.59. The van der Waals surface area contributed by atoms with Crippen LogP contribution < -0.4 is 4.90 Å². The van der Waals surface area contributed by atoms with Crippen molar-refractivity contribution < 1.29 is 19.0 Å². The van der Waals surface area contributed by atoms with Gasteiger partial charge in [-0.05, 0) is 13.0 Å². The average Bonchev–Trinajstić information content (AvgIpc) is 2.28. The standard InChI is InChI=1S/C11H16F2N2O2/c1-8-4-10(9(7-17)5-14-8)15(2-3-16)6-11(12)13/h4-5,11,16-17H,2-3,6-7H2,1H3. The number of halogens is 2. The van der Waals surface area contributed by atoms with Crippen LogP contribution in [0.3, 0.4) is 0 Å². The van der Waals surface area contributed by atoms with Crippen LogP contribution in [0.5, 0.6) is 0 Å². The highest BCUT2D eigenvalue weighted by Gasteiger charge is 2.15. The van der Waals surface area contributed by atoms with Gasteiger partial charge in [0.05, 0.1) is 19.8 Å². The predicted molar refractivity (Wildman–Crippen MR) is 60.2 cm³/mol. The summed E-state index contributed by atoms with van der Waals surface area (Å²) in [7, 11) is 0. The zero-order valence-electron chi connectivity index (χ0n) is 9.61. The quantitative estimate of drug-likeness (QED) is 0.784. The Hall–Kier alpha value is -1.27. The van der Waals surface area contributed by atoms with Crippen molar-refractivity contribution in [3.8, 4) is 0 Å². The number of alkyl halides is 2. The van der Waals surface area contributed by atoms with Crippen LogP contribution in [0.15, 0.2) is 12.3 Å². The molecule has 0 unspecified atom stereocenters. The van der Waals surface area contributed by atoms with Crippen LogP contribution in [-0.2, 0) is 6.61 Å². The molecule has 1 aromatic rings. The first kappa shape index (κ1) is 13.8. The molecule has 0 fully saturated rings. The Morgan fingerprint density at radius 2 is 2.12 bits per heavy atom. The van der Waals surface area contributed by atoms with E-state index >= 15 is 0 Å². The molecule has 0 saturated carbocycles. The normalized spacial score (nSPS) is 10.9. The van der Waals surface area contributed by atoms with Crippen molar-refractivity contribution in [3.63, 3.8) is 0 Å². The fraction of sp³-hybridized carbons (Fsp3) is 0.545. The average molecular weight is 246 g/mol. The molecule has 0 aliphatic rings. The Labute approximate surface area is 98.5 Å². The lowest BCUT2D eigenvalue weighted by Crippen LogP contribution is -2.32. The third kappa shape index (κ3) is 3.90. The van der Waals surface area contributed by atoms with Gasteiger partial charge in [0.25, 0.3) is 6.43 Å². The number of rotatable bonds is 6. The molecular formula is C11H16F2N2O2. The fourth-order valence-corrected chi connectivity index (χ4v) is 1.59. The Morgan fingerprint density at radius 1 is 1.41 bits per heavy atom. The molecule has 0 bridgehead atoms. The van der Waals surface area contributed by atoms with Gasteiger partial charge in [0.15, 0.2) is 0 Å².